The molecule has 1 aliphatic rings. The molecule has 1 saturated heterocycles. The maximum Gasteiger partial charge on any atom is 0.144 e. The van der Waals surface area contributed by atoms with Crippen LogP contribution in [0.1, 0.15) is 45.1 Å². The zero-order chi connectivity index (χ0) is 15.4. The van der Waals surface area contributed by atoms with E-state index in [0.29, 0.717) is 5.78 Å². The van der Waals surface area contributed by atoms with Crippen LogP contribution in [0.25, 0.3) is 0 Å². The van der Waals surface area contributed by atoms with Crippen molar-refractivity contribution in [3.8, 4) is 0 Å². The summed E-state index contributed by atoms with van der Waals surface area (Å²) in [5, 5.41) is 0.723. The highest BCUT2D eigenvalue weighted by Crippen LogP contribution is 2.26. The third-order valence-corrected chi connectivity index (χ3v) is 4.75. The number of rotatable bonds is 5. The van der Waals surface area contributed by atoms with Gasteiger partial charge in [-0.2, -0.15) is 0 Å². The molecule has 116 valence electrons. The first-order valence-corrected chi connectivity index (χ1v) is 8.36. The van der Waals surface area contributed by atoms with Gasteiger partial charge in [-0.25, -0.2) is 0 Å². The minimum absolute atomic E-state index is 0.0318. The molecular weight excluding hydrogens is 282 g/mol. The number of carbonyl (C=O) groups excluding carboxylic acids is 1. The Morgan fingerprint density at radius 2 is 1.81 bits per heavy atom. The zero-order valence-electron chi connectivity index (χ0n) is 13.3. The standard InChI is InChI=1S/C18H26ClNO/c1-13(2)18(21)17(15-4-6-16(19)7-5-15)12-20-10-8-14(3)9-11-20/h4-7,13-14,17H,8-12H2,1-3H3. The van der Waals surface area contributed by atoms with E-state index < -0.39 is 0 Å². The van der Waals surface area contributed by atoms with Gasteiger partial charge in [0.2, 0.25) is 0 Å². The summed E-state index contributed by atoms with van der Waals surface area (Å²) >= 11 is 5.97. The molecule has 1 aromatic rings. The fourth-order valence-corrected chi connectivity index (χ4v) is 3.09. The average molecular weight is 308 g/mol. The maximum atomic E-state index is 12.6. The Morgan fingerprint density at radius 3 is 2.33 bits per heavy atom. The van der Waals surface area contributed by atoms with E-state index >= 15 is 0 Å². The van der Waals surface area contributed by atoms with Crippen LogP contribution in [0.15, 0.2) is 24.3 Å². The summed E-state index contributed by atoms with van der Waals surface area (Å²) < 4.78 is 0. The van der Waals surface area contributed by atoms with Gasteiger partial charge < -0.3 is 4.90 Å². The number of Topliss-reactive ketones (excluding diaryl/α,β-unsaturated/α-hetero) is 1. The molecule has 0 bridgehead atoms. The van der Waals surface area contributed by atoms with Crippen LogP contribution in [-0.2, 0) is 4.79 Å². The number of likely N-dealkylation sites (tertiary alicyclic amines) is 1. The van der Waals surface area contributed by atoms with E-state index in [9.17, 15) is 4.79 Å². The van der Waals surface area contributed by atoms with Crippen molar-refractivity contribution >= 4 is 17.4 Å². The number of benzene rings is 1. The Hall–Kier alpha value is -0.860. The smallest absolute Gasteiger partial charge is 0.144 e. The van der Waals surface area contributed by atoms with Crippen molar-refractivity contribution in [1.29, 1.82) is 0 Å². The van der Waals surface area contributed by atoms with Gasteiger partial charge in [-0.05, 0) is 49.5 Å². The second kappa shape index (κ2) is 7.42. The molecule has 1 aromatic carbocycles. The minimum Gasteiger partial charge on any atom is -0.302 e. The van der Waals surface area contributed by atoms with Crippen LogP contribution in [0.2, 0.25) is 5.02 Å². The molecule has 1 heterocycles. The lowest BCUT2D eigenvalue weighted by Gasteiger charge is -2.33. The molecule has 0 aliphatic carbocycles. The Bertz CT molecular complexity index is 461. The zero-order valence-corrected chi connectivity index (χ0v) is 14.1. The fourth-order valence-electron chi connectivity index (χ4n) is 2.96. The van der Waals surface area contributed by atoms with Crippen LogP contribution in [0.5, 0.6) is 0 Å². The van der Waals surface area contributed by atoms with Gasteiger partial charge in [-0.15, -0.1) is 0 Å². The number of halogens is 1. The van der Waals surface area contributed by atoms with E-state index in [1.54, 1.807) is 0 Å². The summed E-state index contributed by atoms with van der Waals surface area (Å²) in [6, 6.07) is 7.77. The molecule has 0 spiro atoms. The van der Waals surface area contributed by atoms with Crippen molar-refractivity contribution in [3.05, 3.63) is 34.9 Å². The molecule has 3 heteroatoms. The first-order valence-electron chi connectivity index (χ1n) is 7.99. The van der Waals surface area contributed by atoms with Crippen LogP contribution in [-0.4, -0.2) is 30.3 Å². The molecule has 1 aliphatic heterocycles. The van der Waals surface area contributed by atoms with Crippen LogP contribution in [0.4, 0.5) is 0 Å². The number of ketones is 1. The predicted octanol–water partition coefficient (Wildman–Crippen LogP) is 4.38. The summed E-state index contributed by atoms with van der Waals surface area (Å²) in [5.74, 6) is 1.18. The summed E-state index contributed by atoms with van der Waals surface area (Å²) in [6.07, 6.45) is 2.48. The summed E-state index contributed by atoms with van der Waals surface area (Å²) in [7, 11) is 0. The summed E-state index contributed by atoms with van der Waals surface area (Å²) in [5.41, 5.74) is 1.09. The molecule has 2 nitrogen and oxygen atoms in total. The molecule has 1 fully saturated rings. The molecule has 0 radical (unpaired) electrons. The molecule has 0 saturated carbocycles. The molecule has 1 atom stereocenters. The van der Waals surface area contributed by atoms with E-state index in [0.717, 1.165) is 36.1 Å². The second-order valence-electron chi connectivity index (χ2n) is 6.64. The van der Waals surface area contributed by atoms with Crippen molar-refractivity contribution < 1.29 is 4.79 Å². The highest BCUT2D eigenvalue weighted by molar-refractivity contribution is 6.30. The highest BCUT2D eigenvalue weighted by Gasteiger charge is 2.27. The number of hydrogen-bond acceptors (Lipinski definition) is 2. The van der Waals surface area contributed by atoms with Crippen molar-refractivity contribution in [1.82, 2.24) is 4.90 Å². The molecule has 0 N–H and O–H groups in total. The lowest BCUT2D eigenvalue weighted by Crippen LogP contribution is -2.38. The third kappa shape index (κ3) is 4.55. The fraction of sp³-hybridized carbons (Fsp3) is 0.611. The van der Waals surface area contributed by atoms with Crippen LogP contribution in [0, 0.1) is 11.8 Å². The number of hydrogen-bond donors (Lipinski definition) is 0. The molecule has 21 heavy (non-hydrogen) atoms. The van der Waals surface area contributed by atoms with Gasteiger partial charge in [0.25, 0.3) is 0 Å². The van der Waals surface area contributed by atoms with E-state index in [1.807, 2.05) is 38.1 Å². The minimum atomic E-state index is -0.0318. The monoisotopic (exact) mass is 307 g/mol. The van der Waals surface area contributed by atoms with E-state index in [4.69, 9.17) is 11.6 Å². The summed E-state index contributed by atoms with van der Waals surface area (Å²) in [6.45, 7) is 9.35. The van der Waals surface area contributed by atoms with Crippen molar-refractivity contribution in [2.45, 2.75) is 39.5 Å². The van der Waals surface area contributed by atoms with Crippen LogP contribution in [0.3, 0.4) is 0 Å². The Labute approximate surface area is 133 Å². The van der Waals surface area contributed by atoms with Gasteiger partial charge in [-0.3, -0.25) is 4.79 Å². The summed E-state index contributed by atoms with van der Waals surface area (Å²) in [4.78, 5) is 15.1. The average Bonchev–Trinajstić information content (AvgIpc) is 2.47. The topological polar surface area (TPSA) is 20.3 Å². The molecule has 1 unspecified atom stereocenters. The first kappa shape index (κ1) is 16.5. The van der Waals surface area contributed by atoms with Gasteiger partial charge in [0.1, 0.15) is 5.78 Å². The normalized spacial score (nSPS) is 18.9. The molecule has 2 rings (SSSR count). The Morgan fingerprint density at radius 1 is 1.24 bits per heavy atom. The number of nitrogens with zero attached hydrogens (tertiary/aromatic N) is 1. The third-order valence-electron chi connectivity index (χ3n) is 4.50. The van der Waals surface area contributed by atoms with Crippen LogP contribution >= 0.6 is 11.6 Å². The predicted molar refractivity (Wildman–Crippen MR) is 88.9 cm³/mol. The van der Waals surface area contributed by atoms with Gasteiger partial charge >= 0.3 is 0 Å². The van der Waals surface area contributed by atoms with Gasteiger partial charge in [-0.1, -0.05) is 44.5 Å². The number of piperidine rings is 1. The van der Waals surface area contributed by atoms with E-state index in [-0.39, 0.29) is 11.8 Å². The molecule has 0 aromatic heterocycles. The lowest BCUT2D eigenvalue weighted by molar-refractivity contribution is -0.123. The van der Waals surface area contributed by atoms with Gasteiger partial charge in [0, 0.05) is 17.5 Å². The molecular formula is C18H26ClNO. The van der Waals surface area contributed by atoms with E-state index in [2.05, 4.69) is 11.8 Å². The largest absolute Gasteiger partial charge is 0.302 e. The first-order chi connectivity index (χ1) is 9.97. The quantitative estimate of drug-likeness (QED) is 0.804. The van der Waals surface area contributed by atoms with Crippen molar-refractivity contribution in [2.24, 2.45) is 11.8 Å². The lowest BCUT2D eigenvalue weighted by atomic mass is 9.87. The maximum absolute atomic E-state index is 12.6. The van der Waals surface area contributed by atoms with Gasteiger partial charge in [0.15, 0.2) is 0 Å². The van der Waals surface area contributed by atoms with E-state index in [1.165, 1.54) is 12.8 Å². The molecule has 0 amide bonds. The second-order valence-corrected chi connectivity index (χ2v) is 7.08. The van der Waals surface area contributed by atoms with Crippen LogP contribution < -0.4 is 0 Å². The highest BCUT2D eigenvalue weighted by atomic mass is 35.5. The van der Waals surface area contributed by atoms with Crippen molar-refractivity contribution in [3.63, 3.8) is 0 Å². The van der Waals surface area contributed by atoms with Crippen molar-refractivity contribution in [2.75, 3.05) is 19.6 Å². The SMILES string of the molecule is CC1CCN(CC(C(=O)C(C)C)c2ccc(Cl)cc2)CC1. The Balaban J connectivity index is 2.12. The van der Waals surface area contributed by atoms with Gasteiger partial charge in [0.05, 0.1) is 5.92 Å². The Kier molecular flexibility index (Phi) is 5.83. The number of carbonyl (C=O) groups is 1.